The highest BCUT2D eigenvalue weighted by Crippen LogP contribution is 2.28. The average Bonchev–Trinajstić information content (AvgIpc) is 2.29. The first-order chi connectivity index (χ1) is 8.04. The zero-order valence-corrected chi connectivity index (χ0v) is 10.8. The molecule has 1 rings (SSSR count). The molecule has 0 aliphatic rings. The average molecular weight is 275 g/mol. The lowest BCUT2D eigenvalue weighted by atomic mass is 10.3. The molecule has 92 valence electrons. The fourth-order valence-electron chi connectivity index (χ4n) is 1.07. The molecule has 0 N–H and O–H groups in total. The molecule has 0 spiro atoms. The van der Waals surface area contributed by atoms with Crippen molar-refractivity contribution < 1.29 is 14.3 Å². The molecule has 0 radical (unpaired) electrons. The highest BCUT2D eigenvalue weighted by molar-refractivity contribution is 6.35. The second-order valence-corrected chi connectivity index (χ2v) is 4.10. The van der Waals surface area contributed by atoms with Gasteiger partial charge >= 0.3 is 5.97 Å². The van der Waals surface area contributed by atoms with E-state index in [0.29, 0.717) is 15.8 Å². The molecular formula is C12H12Cl2O3. The molecule has 3 nitrogen and oxygen atoms in total. The summed E-state index contributed by atoms with van der Waals surface area (Å²) in [6.45, 7) is 5.18. The van der Waals surface area contributed by atoms with E-state index in [9.17, 15) is 4.79 Å². The van der Waals surface area contributed by atoms with Crippen LogP contribution in [0.3, 0.4) is 0 Å². The fraction of sp³-hybridized carbons (Fsp3) is 0.250. The van der Waals surface area contributed by atoms with Crippen LogP contribution in [0, 0.1) is 0 Å². The third kappa shape index (κ3) is 4.29. The van der Waals surface area contributed by atoms with Crippen LogP contribution in [0.15, 0.2) is 30.9 Å². The lowest BCUT2D eigenvalue weighted by Gasteiger charge is -2.14. The monoisotopic (exact) mass is 274 g/mol. The van der Waals surface area contributed by atoms with Gasteiger partial charge in [0, 0.05) is 5.02 Å². The Bertz CT molecular complexity index is 418. The summed E-state index contributed by atoms with van der Waals surface area (Å²) in [5, 5.41) is 0.852. The largest absolute Gasteiger partial charge is 0.477 e. The summed E-state index contributed by atoms with van der Waals surface area (Å²) in [7, 11) is 0. The van der Waals surface area contributed by atoms with Gasteiger partial charge < -0.3 is 9.47 Å². The third-order valence-corrected chi connectivity index (χ3v) is 2.40. The Morgan fingerprint density at radius 1 is 1.53 bits per heavy atom. The van der Waals surface area contributed by atoms with Crippen LogP contribution < -0.4 is 4.74 Å². The molecule has 1 aromatic carbocycles. The highest BCUT2D eigenvalue weighted by atomic mass is 35.5. The van der Waals surface area contributed by atoms with E-state index in [1.807, 2.05) is 0 Å². The van der Waals surface area contributed by atoms with Gasteiger partial charge in [0.05, 0.1) is 5.02 Å². The van der Waals surface area contributed by atoms with E-state index < -0.39 is 12.1 Å². The molecule has 0 aliphatic heterocycles. The van der Waals surface area contributed by atoms with E-state index in [1.165, 1.54) is 6.08 Å². The maximum absolute atomic E-state index is 11.4. The van der Waals surface area contributed by atoms with Crippen LogP contribution in [0.5, 0.6) is 5.75 Å². The van der Waals surface area contributed by atoms with Crippen LogP contribution in [0.25, 0.3) is 0 Å². The van der Waals surface area contributed by atoms with E-state index in [-0.39, 0.29) is 6.61 Å². The van der Waals surface area contributed by atoms with Gasteiger partial charge in [-0.3, -0.25) is 0 Å². The number of halogens is 2. The van der Waals surface area contributed by atoms with Crippen molar-refractivity contribution in [3.05, 3.63) is 40.9 Å². The normalized spacial score (nSPS) is 11.7. The Morgan fingerprint density at radius 3 is 2.82 bits per heavy atom. The maximum atomic E-state index is 11.4. The molecule has 0 saturated heterocycles. The standard InChI is InChI=1S/C12H12Cl2O3/c1-3-6-16-12(15)8(2)17-11-5-4-9(13)7-10(11)14/h3-5,7-8H,1,6H2,2H3/t8-/m1/s1. The molecule has 0 aliphatic carbocycles. The van der Waals surface area contributed by atoms with Crippen molar-refractivity contribution >= 4 is 29.2 Å². The molecule has 0 bridgehead atoms. The van der Waals surface area contributed by atoms with Gasteiger partial charge in [-0.05, 0) is 25.1 Å². The zero-order valence-electron chi connectivity index (χ0n) is 9.28. The Morgan fingerprint density at radius 2 is 2.24 bits per heavy atom. The SMILES string of the molecule is C=CCOC(=O)[C@@H](C)Oc1ccc(Cl)cc1Cl. The molecule has 0 heterocycles. The number of hydrogen-bond acceptors (Lipinski definition) is 3. The molecule has 0 aromatic heterocycles. The predicted molar refractivity (Wildman–Crippen MR) is 67.7 cm³/mol. The second kappa shape index (κ2) is 6.52. The third-order valence-electron chi connectivity index (χ3n) is 1.87. The molecular weight excluding hydrogens is 263 g/mol. The summed E-state index contributed by atoms with van der Waals surface area (Å²) in [5.74, 6) is -0.0879. The number of rotatable bonds is 5. The number of ether oxygens (including phenoxy) is 2. The fourth-order valence-corrected chi connectivity index (χ4v) is 1.52. The van der Waals surface area contributed by atoms with Crippen LogP contribution in [0.1, 0.15) is 6.92 Å². The first kappa shape index (κ1) is 13.9. The Kier molecular flexibility index (Phi) is 5.32. The van der Waals surface area contributed by atoms with Gasteiger partial charge in [-0.2, -0.15) is 0 Å². The van der Waals surface area contributed by atoms with Crippen molar-refractivity contribution in [2.75, 3.05) is 6.61 Å². The number of carbonyl (C=O) groups is 1. The highest BCUT2D eigenvalue weighted by Gasteiger charge is 2.17. The molecule has 0 saturated carbocycles. The number of esters is 1. The lowest BCUT2D eigenvalue weighted by Crippen LogP contribution is -2.26. The first-order valence-corrected chi connectivity index (χ1v) is 5.69. The summed E-state index contributed by atoms with van der Waals surface area (Å²) < 4.78 is 10.2. The Hall–Kier alpha value is -1.19. The van der Waals surface area contributed by atoms with E-state index in [1.54, 1.807) is 25.1 Å². The minimum absolute atomic E-state index is 0.154. The quantitative estimate of drug-likeness (QED) is 0.609. The van der Waals surface area contributed by atoms with Gasteiger partial charge in [0.25, 0.3) is 0 Å². The van der Waals surface area contributed by atoms with Crippen LogP contribution >= 0.6 is 23.2 Å². The van der Waals surface area contributed by atoms with E-state index in [4.69, 9.17) is 32.7 Å². The van der Waals surface area contributed by atoms with Crippen molar-refractivity contribution in [2.45, 2.75) is 13.0 Å². The van der Waals surface area contributed by atoms with Crippen molar-refractivity contribution in [3.63, 3.8) is 0 Å². The van der Waals surface area contributed by atoms with Gasteiger partial charge in [0.15, 0.2) is 6.10 Å². The van der Waals surface area contributed by atoms with Crippen LogP contribution in [0.4, 0.5) is 0 Å². The Balaban J connectivity index is 2.64. The molecule has 0 amide bonds. The van der Waals surface area contributed by atoms with E-state index >= 15 is 0 Å². The van der Waals surface area contributed by atoms with Gasteiger partial charge in [-0.1, -0.05) is 35.9 Å². The summed E-state index contributed by atoms with van der Waals surface area (Å²) in [5.41, 5.74) is 0. The number of benzene rings is 1. The van der Waals surface area contributed by atoms with Crippen molar-refractivity contribution in [2.24, 2.45) is 0 Å². The summed E-state index contributed by atoms with van der Waals surface area (Å²) in [4.78, 5) is 11.4. The minimum atomic E-state index is -0.742. The van der Waals surface area contributed by atoms with Gasteiger partial charge in [0.2, 0.25) is 0 Å². The summed E-state index contributed by atoms with van der Waals surface area (Å²) in [6, 6.07) is 4.77. The van der Waals surface area contributed by atoms with E-state index in [0.717, 1.165) is 0 Å². The van der Waals surface area contributed by atoms with Gasteiger partial charge in [-0.25, -0.2) is 4.79 Å². The van der Waals surface area contributed by atoms with Crippen LogP contribution in [-0.4, -0.2) is 18.7 Å². The van der Waals surface area contributed by atoms with Crippen molar-refractivity contribution in [3.8, 4) is 5.75 Å². The minimum Gasteiger partial charge on any atom is -0.477 e. The smallest absolute Gasteiger partial charge is 0.347 e. The van der Waals surface area contributed by atoms with Crippen LogP contribution in [0.2, 0.25) is 10.0 Å². The van der Waals surface area contributed by atoms with Gasteiger partial charge in [0.1, 0.15) is 12.4 Å². The van der Waals surface area contributed by atoms with Gasteiger partial charge in [-0.15, -0.1) is 0 Å². The lowest BCUT2D eigenvalue weighted by molar-refractivity contribution is -0.149. The maximum Gasteiger partial charge on any atom is 0.347 e. The van der Waals surface area contributed by atoms with E-state index in [2.05, 4.69) is 6.58 Å². The molecule has 0 fully saturated rings. The summed E-state index contributed by atoms with van der Waals surface area (Å²) in [6.07, 6.45) is 0.744. The topological polar surface area (TPSA) is 35.5 Å². The van der Waals surface area contributed by atoms with Crippen molar-refractivity contribution in [1.29, 1.82) is 0 Å². The predicted octanol–water partition coefficient (Wildman–Crippen LogP) is 3.49. The van der Waals surface area contributed by atoms with Crippen molar-refractivity contribution in [1.82, 2.24) is 0 Å². The molecule has 5 heteroatoms. The molecule has 1 atom stereocenters. The zero-order chi connectivity index (χ0) is 12.8. The Labute approximate surface area is 110 Å². The molecule has 1 aromatic rings. The second-order valence-electron chi connectivity index (χ2n) is 3.25. The first-order valence-electron chi connectivity index (χ1n) is 4.94. The molecule has 0 unspecified atom stereocenters. The number of hydrogen-bond donors (Lipinski definition) is 0. The number of carbonyl (C=O) groups excluding carboxylic acids is 1. The van der Waals surface area contributed by atoms with Crippen LogP contribution in [-0.2, 0) is 9.53 Å². The summed E-state index contributed by atoms with van der Waals surface area (Å²) >= 11 is 11.6. The molecule has 17 heavy (non-hydrogen) atoms.